The van der Waals surface area contributed by atoms with E-state index in [1.807, 2.05) is 0 Å². The summed E-state index contributed by atoms with van der Waals surface area (Å²) in [6.07, 6.45) is -10.2. The maximum atomic E-state index is 12.6. The summed E-state index contributed by atoms with van der Waals surface area (Å²) in [6.45, 7) is 1.54. The first-order valence-electron chi connectivity index (χ1n) is 4.80. The molecule has 106 valence electrons. The molecule has 0 bridgehead atoms. The number of rotatable bonds is 1. The number of halogens is 6. The Morgan fingerprint density at radius 3 is 1.47 bits per heavy atom. The van der Waals surface area contributed by atoms with Crippen molar-refractivity contribution in [1.29, 1.82) is 0 Å². The number of hydrogen-bond acceptors (Lipinski definition) is 2. The summed E-state index contributed by atoms with van der Waals surface area (Å²) in [4.78, 5) is 9.43. The lowest BCUT2D eigenvalue weighted by Crippen LogP contribution is -2.16. The Kier molecular flexibility index (Phi) is 3.53. The molecule has 0 aliphatic heterocycles. The van der Waals surface area contributed by atoms with Crippen LogP contribution in [0.4, 0.5) is 32.0 Å². The van der Waals surface area contributed by atoms with Crippen molar-refractivity contribution in [3.8, 4) is 0 Å². The van der Waals surface area contributed by atoms with E-state index in [9.17, 15) is 36.5 Å². The van der Waals surface area contributed by atoms with Crippen LogP contribution in [-0.4, -0.2) is 4.92 Å². The summed E-state index contributed by atoms with van der Waals surface area (Å²) in [5.41, 5.74) is -6.14. The van der Waals surface area contributed by atoms with Gasteiger partial charge in [0.05, 0.1) is 16.1 Å². The molecular formula is C10H7F6NO2. The zero-order valence-corrected chi connectivity index (χ0v) is 9.61. The molecule has 1 aromatic rings. The monoisotopic (exact) mass is 287 g/mol. The van der Waals surface area contributed by atoms with Gasteiger partial charge >= 0.3 is 12.4 Å². The summed E-state index contributed by atoms with van der Waals surface area (Å²) in [6, 6.07) is -0.0995. The van der Waals surface area contributed by atoms with Gasteiger partial charge in [-0.1, -0.05) is 0 Å². The van der Waals surface area contributed by atoms with Crippen molar-refractivity contribution in [1.82, 2.24) is 0 Å². The van der Waals surface area contributed by atoms with Crippen molar-refractivity contribution in [2.75, 3.05) is 0 Å². The van der Waals surface area contributed by atoms with E-state index in [1.165, 1.54) is 0 Å². The zero-order chi connectivity index (χ0) is 15.2. The fourth-order valence-electron chi connectivity index (χ4n) is 1.76. The number of nitrogens with zero attached hydrogens (tertiary/aromatic N) is 1. The van der Waals surface area contributed by atoms with Gasteiger partial charge in [-0.2, -0.15) is 26.3 Å². The van der Waals surface area contributed by atoms with E-state index in [2.05, 4.69) is 0 Å². The van der Waals surface area contributed by atoms with Crippen LogP contribution in [-0.2, 0) is 12.4 Å². The van der Waals surface area contributed by atoms with Crippen molar-refractivity contribution in [2.24, 2.45) is 0 Å². The standard InChI is InChI=1S/C10H7F6NO2/c1-4-6(9(11,12)13)3-7(10(14,15)16)5(2)8(4)17(18)19/h3H,1-2H3. The third-order valence-corrected chi connectivity index (χ3v) is 2.60. The maximum absolute atomic E-state index is 12.6. The van der Waals surface area contributed by atoms with Crippen LogP contribution in [0.1, 0.15) is 22.3 Å². The van der Waals surface area contributed by atoms with Gasteiger partial charge < -0.3 is 0 Å². The van der Waals surface area contributed by atoms with Gasteiger partial charge in [0.25, 0.3) is 5.69 Å². The van der Waals surface area contributed by atoms with E-state index in [0.717, 1.165) is 13.8 Å². The Labute approximate surface area is 103 Å². The van der Waals surface area contributed by atoms with Crippen LogP contribution < -0.4 is 0 Å². The number of benzene rings is 1. The third kappa shape index (κ3) is 2.79. The fraction of sp³-hybridized carbons (Fsp3) is 0.400. The van der Waals surface area contributed by atoms with Gasteiger partial charge in [-0.3, -0.25) is 10.1 Å². The predicted octanol–water partition coefficient (Wildman–Crippen LogP) is 4.25. The lowest BCUT2D eigenvalue weighted by Gasteiger charge is -2.16. The Morgan fingerprint density at radius 2 is 1.26 bits per heavy atom. The summed E-state index contributed by atoms with van der Waals surface area (Å²) in [5, 5.41) is 10.7. The second kappa shape index (κ2) is 4.39. The summed E-state index contributed by atoms with van der Waals surface area (Å²) in [5.74, 6) is 0. The van der Waals surface area contributed by atoms with E-state index in [0.29, 0.717) is 0 Å². The van der Waals surface area contributed by atoms with Crippen molar-refractivity contribution >= 4 is 5.69 Å². The number of nitro benzene ring substituents is 1. The number of nitro groups is 1. The van der Waals surface area contributed by atoms with Gasteiger partial charge in [-0.05, 0) is 19.9 Å². The summed E-state index contributed by atoms with van der Waals surface area (Å²) in [7, 11) is 0. The zero-order valence-electron chi connectivity index (χ0n) is 9.61. The number of alkyl halides is 6. The second-order valence-corrected chi connectivity index (χ2v) is 3.82. The van der Waals surface area contributed by atoms with Crippen LogP contribution in [0.2, 0.25) is 0 Å². The van der Waals surface area contributed by atoms with Crippen molar-refractivity contribution in [3.63, 3.8) is 0 Å². The quantitative estimate of drug-likeness (QED) is 0.440. The Bertz CT molecular complexity index is 494. The first-order valence-corrected chi connectivity index (χ1v) is 4.80. The van der Waals surface area contributed by atoms with Gasteiger partial charge in [0.1, 0.15) is 0 Å². The largest absolute Gasteiger partial charge is 0.416 e. The lowest BCUT2D eigenvalue weighted by molar-refractivity contribution is -0.386. The van der Waals surface area contributed by atoms with Gasteiger partial charge in [-0.15, -0.1) is 0 Å². The minimum Gasteiger partial charge on any atom is -0.258 e. The molecule has 0 amide bonds. The van der Waals surface area contributed by atoms with Crippen LogP contribution >= 0.6 is 0 Å². The molecule has 0 radical (unpaired) electrons. The molecule has 0 fully saturated rings. The average Bonchev–Trinajstić information content (AvgIpc) is 2.12. The van der Waals surface area contributed by atoms with Crippen LogP contribution in [0.15, 0.2) is 6.07 Å². The molecule has 19 heavy (non-hydrogen) atoms. The SMILES string of the molecule is Cc1c(C(F)(F)F)cc(C(F)(F)F)c(C)c1[N+](=O)[O-]. The highest BCUT2D eigenvalue weighted by Crippen LogP contribution is 2.43. The van der Waals surface area contributed by atoms with E-state index in [4.69, 9.17) is 0 Å². The Hall–Kier alpha value is -1.80. The van der Waals surface area contributed by atoms with Gasteiger partial charge in [0, 0.05) is 11.1 Å². The molecule has 0 unspecified atom stereocenters. The van der Waals surface area contributed by atoms with Crippen LogP contribution in [0.25, 0.3) is 0 Å². The molecule has 9 heteroatoms. The highest BCUT2D eigenvalue weighted by Gasteiger charge is 2.42. The fourth-order valence-corrected chi connectivity index (χ4v) is 1.76. The molecule has 1 aromatic carbocycles. The molecule has 0 aromatic heterocycles. The Morgan fingerprint density at radius 1 is 0.947 bits per heavy atom. The van der Waals surface area contributed by atoms with Crippen molar-refractivity contribution in [2.45, 2.75) is 26.2 Å². The third-order valence-electron chi connectivity index (χ3n) is 2.60. The highest BCUT2D eigenvalue weighted by atomic mass is 19.4. The smallest absolute Gasteiger partial charge is 0.258 e. The van der Waals surface area contributed by atoms with E-state index in [1.54, 1.807) is 0 Å². The molecule has 0 N–H and O–H groups in total. The average molecular weight is 287 g/mol. The molecule has 3 nitrogen and oxygen atoms in total. The summed E-state index contributed by atoms with van der Waals surface area (Å²) < 4.78 is 75.6. The number of hydrogen-bond donors (Lipinski definition) is 0. The van der Waals surface area contributed by atoms with Gasteiger partial charge in [-0.25, -0.2) is 0 Å². The van der Waals surface area contributed by atoms with Crippen LogP contribution in [0.3, 0.4) is 0 Å². The first-order chi connectivity index (χ1) is 8.37. The molecule has 0 saturated carbocycles. The Balaban J connectivity index is 3.81. The molecule has 0 saturated heterocycles. The molecule has 0 aliphatic carbocycles. The molecule has 0 heterocycles. The molecule has 1 rings (SSSR count). The van der Waals surface area contributed by atoms with E-state index < -0.39 is 45.2 Å². The van der Waals surface area contributed by atoms with Crippen molar-refractivity contribution in [3.05, 3.63) is 38.4 Å². The minimum atomic E-state index is -5.09. The summed E-state index contributed by atoms with van der Waals surface area (Å²) >= 11 is 0. The normalized spacial score (nSPS) is 12.6. The molecule has 0 aliphatic rings. The van der Waals surface area contributed by atoms with Crippen LogP contribution in [0, 0.1) is 24.0 Å². The topological polar surface area (TPSA) is 43.1 Å². The minimum absolute atomic E-state index is 0.0995. The van der Waals surface area contributed by atoms with E-state index >= 15 is 0 Å². The van der Waals surface area contributed by atoms with Crippen LogP contribution in [0.5, 0.6) is 0 Å². The van der Waals surface area contributed by atoms with Crippen molar-refractivity contribution < 1.29 is 31.3 Å². The molecule has 0 atom stereocenters. The highest BCUT2D eigenvalue weighted by molar-refractivity contribution is 5.56. The first kappa shape index (κ1) is 15.3. The molecule has 0 spiro atoms. The van der Waals surface area contributed by atoms with Gasteiger partial charge in [0.15, 0.2) is 0 Å². The molecular weight excluding hydrogens is 280 g/mol. The lowest BCUT2D eigenvalue weighted by atomic mass is 9.96. The van der Waals surface area contributed by atoms with Gasteiger partial charge in [0.2, 0.25) is 0 Å². The second-order valence-electron chi connectivity index (χ2n) is 3.82. The predicted molar refractivity (Wildman–Crippen MR) is 52.6 cm³/mol. The maximum Gasteiger partial charge on any atom is 0.416 e. The van der Waals surface area contributed by atoms with E-state index in [-0.39, 0.29) is 6.07 Å².